The Labute approximate surface area is 161 Å². The summed E-state index contributed by atoms with van der Waals surface area (Å²) in [6.45, 7) is 0. The van der Waals surface area contributed by atoms with E-state index in [0.717, 1.165) is 0 Å². The van der Waals surface area contributed by atoms with Crippen molar-refractivity contribution >= 4 is 35.2 Å². The molecule has 28 heavy (non-hydrogen) atoms. The first-order chi connectivity index (χ1) is 13.3. The van der Waals surface area contributed by atoms with Crippen LogP contribution in [0, 0.1) is 0 Å². The predicted octanol–water partition coefficient (Wildman–Crippen LogP) is 1.65. The zero-order valence-corrected chi connectivity index (χ0v) is 15.1. The summed E-state index contributed by atoms with van der Waals surface area (Å²) in [7, 11) is 1.23. The molecule has 0 aliphatic carbocycles. The standard InChI is InChI=1S/C19H20N4O5/c1-28-18(27)15-10-14(7-5-11(15)6-8-16(24)25)22-17(26)12-3-2-4-13(9-12)23-19(20)21/h2-5,7,9-10H,6,8H2,1H3,(H,22,26)(H,24,25)(H4,20,21,23). The second-order valence-electron chi connectivity index (χ2n) is 5.80. The molecule has 0 aromatic heterocycles. The van der Waals surface area contributed by atoms with Crippen molar-refractivity contribution in [2.45, 2.75) is 12.8 Å². The fourth-order valence-electron chi connectivity index (χ4n) is 2.48. The third-order valence-corrected chi connectivity index (χ3v) is 3.75. The minimum absolute atomic E-state index is 0.128. The van der Waals surface area contributed by atoms with Gasteiger partial charge in [-0.2, -0.15) is 0 Å². The lowest BCUT2D eigenvalue weighted by Gasteiger charge is -2.11. The number of nitrogens with two attached hydrogens (primary N) is 2. The third kappa shape index (κ3) is 5.56. The quantitative estimate of drug-likeness (QED) is 0.321. The average Bonchev–Trinajstić information content (AvgIpc) is 2.65. The van der Waals surface area contributed by atoms with Crippen LogP contribution in [0.4, 0.5) is 11.4 Å². The average molecular weight is 384 g/mol. The summed E-state index contributed by atoms with van der Waals surface area (Å²) in [6.07, 6.45) is 0.0296. The number of carbonyl (C=O) groups is 3. The van der Waals surface area contributed by atoms with Crippen molar-refractivity contribution < 1.29 is 24.2 Å². The Bertz CT molecular complexity index is 936. The lowest BCUT2D eigenvalue weighted by atomic mass is 10.0. The number of hydrogen-bond acceptors (Lipinski definition) is 5. The van der Waals surface area contributed by atoms with E-state index in [1.165, 1.54) is 19.2 Å². The van der Waals surface area contributed by atoms with Crippen LogP contribution < -0.4 is 16.8 Å². The number of methoxy groups -OCH3 is 1. The van der Waals surface area contributed by atoms with E-state index in [4.69, 9.17) is 21.3 Å². The maximum absolute atomic E-state index is 12.5. The number of benzene rings is 2. The molecule has 2 rings (SSSR count). The number of esters is 1. The van der Waals surface area contributed by atoms with E-state index in [1.54, 1.807) is 30.3 Å². The number of amides is 1. The number of aliphatic carboxylic acids is 1. The summed E-state index contributed by atoms with van der Waals surface area (Å²) in [4.78, 5) is 39.2. The Morgan fingerprint density at radius 2 is 1.89 bits per heavy atom. The van der Waals surface area contributed by atoms with Crippen molar-refractivity contribution in [2.24, 2.45) is 16.5 Å². The molecule has 146 valence electrons. The first-order valence-corrected chi connectivity index (χ1v) is 8.24. The van der Waals surface area contributed by atoms with Crippen molar-refractivity contribution in [1.29, 1.82) is 0 Å². The molecule has 2 aromatic rings. The van der Waals surface area contributed by atoms with Gasteiger partial charge in [-0.1, -0.05) is 12.1 Å². The number of hydrogen-bond donors (Lipinski definition) is 4. The SMILES string of the molecule is COC(=O)c1cc(NC(=O)c2cccc(N=C(N)N)c2)ccc1CCC(=O)O. The molecule has 6 N–H and O–H groups in total. The van der Waals surface area contributed by atoms with Gasteiger partial charge < -0.3 is 26.6 Å². The van der Waals surface area contributed by atoms with Gasteiger partial charge in [0.1, 0.15) is 0 Å². The molecule has 0 saturated carbocycles. The molecule has 0 atom stereocenters. The predicted molar refractivity (Wildman–Crippen MR) is 104 cm³/mol. The van der Waals surface area contributed by atoms with Crippen LogP contribution in [-0.2, 0) is 16.0 Å². The molecule has 0 saturated heterocycles. The maximum Gasteiger partial charge on any atom is 0.338 e. The fourth-order valence-corrected chi connectivity index (χ4v) is 2.48. The van der Waals surface area contributed by atoms with Gasteiger partial charge >= 0.3 is 11.9 Å². The van der Waals surface area contributed by atoms with Gasteiger partial charge in [-0.05, 0) is 42.3 Å². The van der Waals surface area contributed by atoms with Crippen molar-refractivity contribution in [3.05, 3.63) is 59.2 Å². The van der Waals surface area contributed by atoms with E-state index in [9.17, 15) is 14.4 Å². The van der Waals surface area contributed by atoms with Gasteiger partial charge in [0.2, 0.25) is 0 Å². The number of guanidine groups is 1. The molecule has 0 aliphatic rings. The second-order valence-corrected chi connectivity index (χ2v) is 5.80. The van der Waals surface area contributed by atoms with Crippen LogP contribution in [0.5, 0.6) is 0 Å². The highest BCUT2D eigenvalue weighted by Gasteiger charge is 2.15. The molecular weight excluding hydrogens is 364 g/mol. The molecule has 0 spiro atoms. The van der Waals surface area contributed by atoms with Crippen LogP contribution in [-0.4, -0.2) is 36.0 Å². The maximum atomic E-state index is 12.5. The van der Waals surface area contributed by atoms with Crippen LogP contribution >= 0.6 is 0 Å². The third-order valence-electron chi connectivity index (χ3n) is 3.75. The first kappa shape index (κ1) is 20.4. The van der Waals surface area contributed by atoms with Crippen LogP contribution in [0.15, 0.2) is 47.5 Å². The number of carboxylic acid groups (broad SMARTS) is 1. The second kappa shape index (κ2) is 9.17. The van der Waals surface area contributed by atoms with Gasteiger partial charge in [0.15, 0.2) is 5.96 Å². The van der Waals surface area contributed by atoms with Gasteiger partial charge in [-0.15, -0.1) is 0 Å². The molecule has 0 bridgehead atoms. The Hall–Kier alpha value is -3.88. The summed E-state index contributed by atoms with van der Waals surface area (Å²) in [5.41, 5.74) is 12.5. The lowest BCUT2D eigenvalue weighted by molar-refractivity contribution is -0.136. The molecule has 9 nitrogen and oxygen atoms in total. The molecule has 0 fully saturated rings. The van der Waals surface area contributed by atoms with Crippen LogP contribution in [0.25, 0.3) is 0 Å². The lowest BCUT2D eigenvalue weighted by Crippen LogP contribution is -2.22. The number of carbonyl (C=O) groups excluding carboxylic acids is 2. The smallest absolute Gasteiger partial charge is 0.338 e. The highest BCUT2D eigenvalue weighted by molar-refractivity contribution is 6.05. The van der Waals surface area contributed by atoms with E-state index >= 15 is 0 Å². The molecule has 0 radical (unpaired) electrons. The Kier molecular flexibility index (Phi) is 6.69. The minimum atomic E-state index is -0.978. The Morgan fingerprint density at radius 1 is 1.14 bits per heavy atom. The molecule has 9 heteroatoms. The molecule has 0 unspecified atom stereocenters. The molecule has 1 amide bonds. The van der Waals surface area contributed by atoms with E-state index in [2.05, 4.69) is 10.3 Å². The summed E-state index contributed by atoms with van der Waals surface area (Å²) in [5.74, 6) is -2.15. The molecule has 0 aliphatic heterocycles. The minimum Gasteiger partial charge on any atom is -0.481 e. The van der Waals surface area contributed by atoms with Gasteiger partial charge in [0, 0.05) is 17.7 Å². The Balaban J connectivity index is 2.25. The van der Waals surface area contributed by atoms with Crippen molar-refractivity contribution in [2.75, 3.05) is 12.4 Å². The zero-order chi connectivity index (χ0) is 20.7. The topological polar surface area (TPSA) is 157 Å². The molecule has 0 heterocycles. The van der Waals surface area contributed by atoms with E-state index in [-0.39, 0.29) is 24.4 Å². The van der Waals surface area contributed by atoms with Gasteiger partial charge in [-0.25, -0.2) is 9.79 Å². The summed E-state index contributed by atoms with van der Waals surface area (Å²) < 4.78 is 4.74. The van der Waals surface area contributed by atoms with Crippen LogP contribution in [0.2, 0.25) is 0 Å². The summed E-state index contributed by atoms with van der Waals surface area (Å²) >= 11 is 0. The van der Waals surface area contributed by atoms with Gasteiger partial charge in [-0.3, -0.25) is 9.59 Å². The van der Waals surface area contributed by atoms with Gasteiger partial charge in [0.05, 0.1) is 18.4 Å². The normalized spacial score (nSPS) is 10.0. The number of anilines is 1. The zero-order valence-electron chi connectivity index (χ0n) is 15.1. The number of ether oxygens (including phenoxy) is 1. The fraction of sp³-hybridized carbons (Fsp3) is 0.158. The number of aliphatic imine (C=N–C) groups is 1. The number of nitrogens with zero attached hydrogens (tertiary/aromatic N) is 1. The van der Waals surface area contributed by atoms with Crippen molar-refractivity contribution in [3.63, 3.8) is 0 Å². The highest BCUT2D eigenvalue weighted by Crippen LogP contribution is 2.20. The van der Waals surface area contributed by atoms with Crippen molar-refractivity contribution in [3.8, 4) is 0 Å². The Morgan fingerprint density at radius 3 is 2.54 bits per heavy atom. The number of aryl methyl sites for hydroxylation is 1. The monoisotopic (exact) mass is 384 g/mol. The first-order valence-electron chi connectivity index (χ1n) is 8.24. The van der Waals surface area contributed by atoms with Crippen LogP contribution in [0.3, 0.4) is 0 Å². The summed E-state index contributed by atoms with van der Waals surface area (Å²) in [5, 5.41) is 11.5. The largest absolute Gasteiger partial charge is 0.481 e. The number of rotatable bonds is 7. The van der Waals surface area contributed by atoms with Gasteiger partial charge in [0.25, 0.3) is 5.91 Å². The van der Waals surface area contributed by atoms with E-state index in [1.807, 2.05) is 0 Å². The molecular formula is C19H20N4O5. The van der Waals surface area contributed by atoms with Crippen molar-refractivity contribution in [1.82, 2.24) is 0 Å². The number of carboxylic acids is 1. The van der Waals surface area contributed by atoms with Crippen LogP contribution in [0.1, 0.15) is 32.7 Å². The van der Waals surface area contributed by atoms with E-state index < -0.39 is 17.8 Å². The summed E-state index contributed by atoms with van der Waals surface area (Å²) in [6, 6.07) is 11.0. The molecule has 2 aromatic carbocycles. The highest BCUT2D eigenvalue weighted by atomic mass is 16.5. The van der Waals surface area contributed by atoms with E-state index in [0.29, 0.717) is 22.5 Å². The number of nitrogens with one attached hydrogen (secondary N) is 1.